The maximum atomic E-state index is 13.9. The van der Waals surface area contributed by atoms with Gasteiger partial charge in [0, 0.05) is 5.56 Å². The normalized spacial score (nSPS) is 10.3. The molecule has 0 fully saturated rings. The molecule has 0 aliphatic rings. The van der Waals surface area contributed by atoms with Gasteiger partial charge in [0.15, 0.2) is 17.3 Å². The highest BCUT2D eigenvalue weighted by Gasteiger charge is 2.14. The van der Waals surface area contributed by atoms with Crippen molar-refractivity contribution in [2.24, 2.45) is 0 Å². The van der Waals surface area contributed by atoms with Gasteiger partial charge in [0.1, 0.15) is 11.5 Å². The summed E-state index contributed by atoms with van der Waals surface area (Å²) >= 11 is 0. The largest absolute Gasteiger partial charge is 0.493 e. The second kappa shape index (κ2) is 5.14. The Hall–Kier alpha value is -2.30. The molecule has 0 saturated carbocycles. The topological polar surface area (TPSA) is 44.5 Å². The minimum atomic E-state index is -0.785. The average molecular weight is 265 g/mol. The predicted octanol–water partition coefficient (Wildman–Crippen LogP) is 3.23. The fraction of sp³-hybridized carbons (Fsp3) is 0.143. The van der Waals surface area contributed by atoms with Gasteiger partial charge in [-0.1, -0.05) is 6.07 Å². The van der Waals surface area contributed by atoms with E-state index in [-0.39, 0.29) is 5.56 Å². The zero-order valence-electron chi connectivity index (χ0n) is 10.5. The molecule has 0 aliphatic heterocycles. The summed E-state index contributed by atoms with van der Waals surface area (Å²) in [5.41, 5.74) is 5.59. The van der Waals surface area contributed by atoms with Crippen LogP contribution in [0.15, 0.2) is 30.3 Å². The fourth-order valence-corrected chi connectivity index (χ4v) is 1.80. The lowest BCUT2D eigenvalue weighted by molar-refractivity contribution is 0.355. The van der Waals surface area contributed by atoms with Crippen LogP contribution in [-0.2, 0) is 0 Å². The highest BCUT2D eigenvalue weighted by molar-refractivity contribution is 5.71. The van der Waals surface area contributed by atoms with Crippen molar-refractivity contribution in [3.63, 3.8) is 0 Å². The van der Waals surface area contributed by atoms with Gasteiger partial charge in [0.05, 0.1) is 14.2 Å². The third-order valence-corrected chi connectivity index (χ3v) is 2.82. The number of ether oxygens (including phenoxy) is 2. The van der Waals surface area contributed by atoms with Gasteiger partial charge >= 0.3 is 0 Å². The number of hydrogen-bond donors (Lipinski definition) is 1. The Balaban J connectivity index is 2.56. The molecule has 2 N–H and O–H groups in total. The minimum absolute atomic E-state index is 0.208. The zero-order valence-corrected chi connectivity index (χ0v) is 10.5. The number of nitrogen functional groups attached to an aromatic ring is 1. The van der Waals surface area contributed by atoms with Crippen LogP contribution in [0.25, 0.3) is 11.1 Å². The SMILES string of the molecule is COc1ccc(-c2ccc(F)c(N)c2F)cc1OC. The van der Waals surface area contributed by atoms with Gasteiger partial charge in [0.2, 0.25) is 0 Å². The molecule has 0 atom stereocenters. The van der Waals surface area contributed by atoms with Crippen molar-refractivity contribution in [3.05, 3.63) is 42.0 Å². The monoisotopic (exact) mass is 265 g/mol. The number of benzene rings is 2. The lowest BCUT2D eigenvalue weighted by atomic mass is 10.0. The molecule has 0 amide bonds. The van der Waals surface area contributed by atoms with Crippen LogP contribution in [0.1, 0.15) is 0 Å². The van der Waals surface area contributed by atoms with Crippen molar-refractivity contribution in [2.75, 3.05) is 20.0 Å². The van der Waals surface area contributed by atoms with Crippen molar-refractivity contribution in [2.45, 2.75) is 0 Å². The van der Waals surface area contributed by atoms with Crippen LogP contribution in [0.4, 0.5) is 14.5 Å². The highest BCUT2D eigenvalue weighted by atomic mass is 19.1. The van der Waals surface area contributed by atoms with E-state index in [4.69, 9.17) is 15.2 Å². The van der Waals surface area contributed by atoms with Crippen LogP contribution in [0.3, 0.4) is 0 Å². The number of rotatable bonds is 3. The molecule has 100 valence electrons. The van der Waals surface area contributed by atoms with E-state index in [9.17, 15) is 8.78 Å². The Bertz CT molecular complexity index is 615. The van der Waals surface area contributed by atoms with E-state index in [2.05, 4.69) is 0 Å². The third-order valence-electron chi connectivity index (χ3n) is 2.82. The average Bonchev–Trinajstić information content (AvgIpc) is 2.44. The maximum absolute atomic E-state index is 13.9. The molecule has 0 bridgehead atoms. The van der Waals surface area contributed by atoms with Crippen molar-refractivity contribution in [3.8, 4) is 22.6 Å². The molecule has 0 heterocycles. The van der Waals surface area contributed by atoms with Crippen LogP contribution in [0, 0.1) is 11.6 Å². The first kappa shape index (κ1) is 13.1. The molecule has 0 unspecified atom stereocenters. The molecule has 3 nitrogen and oxygen atoms in total. The van der Waals surface area contributed by atoms with Crippen LogP contribution in [0.2, 0.25) is 0 Å². The first-order valence-electron chi connectivity index (χ1n) is 5.54. The van der Waals surface area contributed by atoms with Crippen molar-refractivity contribution < 1.29 is 18.3 Å². The predicted molar refractivity (Wildman–Crippen MR) is 69.3 cm³/mol. The van der Waals surface area contributed by atoms with E-state index in [0.29, 0.717) is 17.1 Å². The summed E-state index contributed by atoms with van der Waals surface area (Å²) in [6, 6.07) is 7.37. The zero-order chi connectivity index (χ0) is 14.0. The molecule has 2 aromatic carbocycles. The van der Waals surface area contributed by atoms with Crippen molar-refractivity contribution >= 4 is 5.69 Å². The summed E-state index contributed by atoms with van der Waals surface area (Å²) in [6.07, 6.45) is 0. The number of methoxy groups -OCH3 is 2. The van der Waals surface area contributed by atoms with E-state index < -0.39 is 17.3 Å². The molecule has 0 spiro atoms. The van der Waals surface area contributed by atoms with E-state index in [1.807, 2.05) is 0 Å². The third kappa shape index (κ3) is 2.31. The Morgan fingerprint density at radius 3 is 2.26 bits per heavy atom. The highest BCUT2D eigenvalue weighted by Crippen LogP contribution is 2.34. The summed E-state index contributed by atoms with van der Waals surface area (Å²) in [5, 5.41) is 0. The Morgan fingerprint density at radius 2 is 1.63 bits per heavy atom. The number of nitrogens with two attached hydrogens (primary N) is 1. The van der Waals surface area contributed by atoms with Crippen molar-refractivity contribution in [1.29, 1.82) is 0 Å². The lowest BCUT2D eigenvalue weighted by Gasteiger charge is -2.11. The Labute approximate surface area is 109 Å². The fourth-order valence-electron chi connectivity index (χ4n) is 1.80. The van der Waals surface area contributed by atoms with Gasteiger partial charge in [-0.2, -0.15) is 0 Å². The smallest absolute Gasteiger partial charge is 0.161 e. The molecule has 2 rings (SSSR count). The van der Waals surface area contributed by atoms with Gasteiger partial charge in [-0.05, 0) is 29.8 Å². The Morgan fingerprint density at radius 1 is 0.947 bits per heavy atom. The number of anilines is 1. The quantitative estimate of drug-likeness (QED) is 0.866. The first-order chi connectivity index (χ1) is 9.08. The van der Waals surface area contributed by atoms with Gasteiger partial charge in [-0.15, -0.1) is 0 Å². The molecule has 0 aromatic heterocycles. The van der Waals surface area contributed by atoms with E-state index in [1.165, 1.54) is 20.3 Å². The van der Waals surface area contributed by atoms with Crippen LogP contribution in [-0.4, -0.2) is 14.2 Å². The second-order valence-electron chi connectivity index (χ2n) is 3.89. The van der Waals surface area contributed by atoms with Crippen LogP contribution >= 0.6 is 0 Å². The van der Waals surface area contributed by atoms with Crippen LogP contribution < -0.4 is 15.2 Å². The number of hydrogen-bond acceptors (Lipinski definition) is 3. The molecule has 0 aliphatic carbocycles. The summed E-state index contributed by atoms with van der Waals surface area (Å²) in [4.78, 5) is 0. The molecule has 2 aromatic rings. The van der Waals surface area contributed by atoms with Gasteiger partial charge in [-0.3, -0.25) is 0 Å². The molecule has 19 heavy (non-hydrogen) atoms. The summed E-state index contributed by atoms with van der Waals surface area (Å²) in [7, 11) is 2.99. The molecule has 5 heteroatoms. The summed E-state index contributed by atoms with van der Waals surface area (Å²) < 4.78 is 37.3. The standard InChI is InChI=1S/C14H13F2NO2/c1-18-11-6-3-8(7-12(11)19-2)9-4-5-10(15)14(17)13(9)16/h3-7H,17H2,1-2H3. The maximum Gasteiger partial charge on any atom is 0.161 e. The molecular formula is C14H13F2NO2. The minimum Gasteiger partial charge on any atom is -0.493 e. The summed E-state index contributed by atoms with van der Waals surface area (Å²) in [5.74, 6) is -0.571. The molecule has 0 radical (unpaired) electrons. The molecular weight excluding hydrogens is 252 g/mol. The first-order valence-corrected chi connectivity index (χ1v) is 5.54. The molecule has 0 saturated heterocycles. The van der Waals surface area contributed by atoms with E-state index in [0.717, 1.165) is 6.07 Å². The Kier molecular flexibility index (Phi) is 3.55. The van der Waals surface area contributed by atoms with Gasteiger partial charge in [0.25, 0.3) is 0 Å². The second-order valence-corrected chi connectivity index (χ2v) is 3.89. The van der Waals surface area contributed by atoms with Crippen LogP contribution in [0.5, 0.6) is 11.5 Å². The van der Waals surface area contributed by atoms with Gasteiger partial charge in [-0.25, -0.2) is 8.78 Å². The lowest BCUT2D eigenvalue weighted by Crippen LogP contribution is -1.98. The van der Waals surface area contributed by atoms with Crippen molar-refractivity contribution in [1.82, 2.24) is 0 Å². The van der Waals surface area contributed by atoms with E-state index in [1.54, 1.807) is 18.2 Å². The van der Waals surface area contributed by atoms with E-state index >= 15 is 0 Å². The summed E-state index contributed by atoms with van der Waals surface area (Å²) in [6.45, 7) is 0. The van der Waals surface area contributed by atoms with Gasteiger partial charge < -0.3 is 15.2 Å². The number of halogens is 2.